The van der Waals surface area contributed by atoms with Crippen molar-refractivity contribution in [2.75, 3.05) is 20.3 Å². The number of ether oxygens (including phenoxy) is 4. The van der Waals surface area contributed by atoms with E-state index in [9.17, 15) is 14.7 Å². The van der Waals surface area contributed by atoms with E-state index in [-0.39, 0.29) is 18.8 Å². The lowest BCUT2D eigenvalue weighted by atomic mass is 9.95. The van der Waals surface area contributed by atoms with Crippen molar-refractivity contribution < 1.29 is 33.6 Å². The van der Waals surface area contributed by atoms with Gasteiger partial charge in [-0.05, 0) is 107 Å². The van der Waals surface area contributed by atoms with Gasteiger partial charge < -0.3 is 34.7 Å². The van der Waals surface area contributed by atoms with Gasteiger partial charge in [-0.3, -0.25) is 5.43 Å². The van der Waals surface area contributed by atoms with Gasteiger partial charge in [-0.2, -0.15) is 5.10 Å². The molecule has 46 heavy (non-hydrogen) atoms. The number of aliphatic hydroxyl groups is 1. The zero-order chi connectivity index (χ0) is 33.4. The fraction of sp³-hybridized carbons (Fsp3) is 0.258. The van der Waals surface area contributed by atoms with Gasteiger partial charge in [-0.15, -0.1) is 0 Å². The van der Waals surface area contributed by atoms with Crippen LogP contribution in [0.5, 0.6) is 17.2 Å². The van der Waals surface area contributed by atoms with Crippen molar-refractivity contribution in [1.82, 2.24) is 16.1 Å². The molecular formula is C31H30Cl2I2N4O7. The molecule has 4 rings (SSSR count). The summed E-state index contributed by atoms with van der Waals surface area (Å²) in [6.07, 6.45) is 0.382. The maximum Gasteiger partial charge on any atom is 0.337 e. The number of halogens is 4. The van der Waals surface area contributed by atoms with Crippen molar-refractivity contribution in [2.45, 2.75) is 32.7 Å². The van der Waals surface area contributed by atoms with E-state index < -0.39 is 24.3 Å². The van der Waals surface area contributed by atoms with Crippen LogP contribution in [0.4, 0.5) is 4.79 Å². The van der Waals surface area contributed by atoms with Gasteiger partial charge in [0, 0.05) is 14.8 Å². The molecule has 4 N–H and O–H groups in total. The average molecular weight is 895 g/mol. The molecule has 0 radical (unpaired) electrons. The maximum atomic E-state index is 12.5. The number of hydrogen-bond donors (Lipinski definition) is 4. The van der Waals surface area contributed by atoms with Crippen LogP contribution in [0, 0.1) is 7.14 Å². The lowest BCUT2D eigenvalue weighted by Crippen LogP contribution is -2.45. The van der Waals surface area contributed by atoms with Gasteiger partial charge in [-0.1, -0.05) is 35.3 Å². The normalized spacial score (nSPS) is 15.2. The highest BCUT2D eigenvalue weighted by molar-refractivity contribution is 14.1. The number of nitrogens with one attached hydrogen (secondary N) is 3. The van der Waals surface area contributed by atoms with Gasteiger partial charge in [0.1, 0.15) is 19.0 Å². The topological polar surface area (TPSA) is 140 Å². The quantitative estimate of drug-likeness (QED) is 0.0516. The van der Waals surface area contributed by atoms with E-state index in [2.05, 4.69) is 66.3 Å². The monoisotopic (exact) mass is 894 g/mol. The molecule has 0 saturated heterocycles. The second kappa shape index (κ2) is 16.7. The summed E-state index contributed by atoms with van der Waals surface area (Å²) in [6, 6.07) is 13.0. The molecule has 15 heteroatoms. The number of hydrogen-bond acceptors (Lipinski definition) is 9. The highest BCUT2D eigenvalue weighted by Crippen LogP contribution is 2.35. The Balaban J connectivity index is 1.43. The highest BCUT2D eigenvalue weighted by Gasteiger charge is 2.32. The van der Waals surface area contributed by atoms with Gasteiger partial charge in [-0.25, -0.2) is 9.59 Å². The third-order valence-corrected chi connectivity index (χ3v) is 8.67. The van der Waals surface area contributed by atoms with Gasteiger partial charge in [0.05, 0.1) is 45.2 Å². The summed E-state index contributed by atoms with van der Waals surface area (Å²) in [7, 11) is 1.27. The molecule has 1 aliphatic rings. The number of esters is 1. The summed E-state index contributed by atoms with van der Waals surface area (Å²) in [6.45, 7) is 3.86. The molecule has 0 unspecified atom stereocenters. The minimum Gasteiger partial charge on any atom is -0.490 e. The smallest absolute Gasteiger partial charge is 0.337 e. The second-order valence-electron chi connectivity index (χ2n) is 9.76. The summed E-state index contributed by atoms with van der Waals surface area (Å²) in [5.41, 5.74) is 5.45. The van der Waals surface area contributed by atoms with Crippen LogP contribution in [-0.4, -0.2) is 49.9 Å². The predicted molar refractivity (Wildman–Crippen MR) is 192 cm³/mol. The molecule has 0 fully saturated rings. The van der Waals surface area contributed by atoms with Crippen molar-refractivity contribution in [3.05, 3.63) is 93.7 Å². The number of allylic oxidation sites excluding steroid dienone is 1. The Morgan fingerprint density at radius 2 is 1.87 bits per heavy atom. The zero-order valence-electron chi connectivity index (χ0n) is 24.8. The van der Waals surface area contributed by atoms with E-state index in [0.717, 1.165) is 12.7 Å². The molecule has 0 aromatic heterocycles. The Kier molecular flexibility index (Phi) is 13.0. The molecule has 0 bridgehead atoms. The third kappa shape index (κ3) is 9.30. The largest absolute Gasteiger partial charge is 0.490 e. The van der Waals surface area contributed by atoms with Gasteiger partial charge in [0.25, 0.3) is 0 Å². The van der Waals surface area contributed by atoms with Crippen LogP contribution in [0.3, 0.4) is 0 Å². The molecule has 1 heterocycles. The van der Waals surface area contributed by atoms with Gasteiger partial charge in [0.2, 0.25) is 0 Å². The summed E-state index contributed by atoms with van der Waals surface area (Å²) in [5, 5.41) is 21.0. The molecule has 244 valence electrons. The first-order valence-corrected chi connectivity index (χ1v) is 16.7. The first-order valence-electron chi connectivity index (χ1n) is 13.8. The number of aliphatic hydroxyl groups excluding tert-OH is 1. The maximum absolute atomic E-state index is 12.5. The molecule has 11 nitrogen and oxygen atoms in total. The lowest BCUT2D eigenvalue weighted by Gasteiger charge is -2.28. The summed E-state index contributed by atoms with van der Waals surface area (Å²) >= 11 is 16.6. The van der Waals surface area contributed by atoms with Crippen LogP contribution in [0.15, 0.2) is 64.9 Å². The Morgan fingerprint density at radius 1 is 1.09 bits per heavy atom. The van der Waals surface area contributed by atoms with E-state index in [1.54, 1.807) is 43.5 Å². The fourth-order valence-corrected chi connectivity index (χ4v) is 6.79. The highest BCUT2D eigenvalue weighted by atomic mass is 127. The standard InChI is InChI=1S/C31H30Cl2I2N4O7/c1-4-44-25-11-18(28-27(30(41)43-3)16(2)37-31(42)38-28)6-8-24(25)45-15-26(40)39-36-13-19-10-20(34)12-23(35)29(19)46-14-17-5-7-21(32)22(33)9-17/h5-13,26,28,39-40H,4,14-15H2,1-3H3,(H2,37,38,42)/b36-13+/t26-,28-/m1/s1. The fourth-order valence-electron chi connectivity index (χ4n) is 4.43. The molecular weight excluding hydrogens is 865 g/mol. The van der Waals surface area contributed by atoms with Crippen LogP contribution in [0.2, 0.25) is 10.0 Å². The van der Waals surface area contributed by atoms with Crippen LogP contribution in [-0.2, 0) is 16.1 Å². The Morgan fingerprint density at radius 3 is 2.59 bits per heavy atom. The average Bonchev–Trinajstić information content (AvgIpc) is 3.01. The molecule has 3 aromatic rings. The van der Waals surface area contributed by atoms with Gasteiger partial charge >= 0.3 is 12.0 Å². The number of nitrogens with zero attached hydrogens (tertiary/aromatic N) is 1. The molecule has 0 spiro atoms. The third-order valence-electron chi connectivity index (χ3n) is 6.50. The van der Waals surface area contributed by atoms with Crippen LogP contribution >= 0.6 is 68.4 Å². The minimum absolute atomic E-state index is 0.169. The van der Waals surface area contributed by atoms with E-state index in [4.69, 9.17) is 42.1 Å². The first kappa shape index (κ1) is 35.9. The van der Waals surface area contributed by atoms with E-state index >= 15 is 0 Å². The number of rotatable bonds is 13. The number of amides is 2. The number of carbonyl (C=O) groups is 2. The number of methoxy groups -OCH3 is 1. The number of carbonyl (C=O) groups excluding carboxylic acids is 2. The molecule has 2 atom stereocenters. The minimum atomic E-state index is -1.17. The number of hydrazone groups is 1. The summed E-state index contributed by atoms with van der Waals surface area (Å²) < 4.78 is 24.5. The zero-order valence-corrected chi connectivity index (χ0v) is 30.7. The van der Waals surface area contributed by atoms with Crippen molar-refractivity contribution >= 4 is 86.6 Å². The lowest BCUT2D eigenvalue weighted by molar-refractivity contribution is -0.136. The van der Waals surface area contributed by atoms with Crippen molar-refractivity contribution in [3.8, 4) is 17.2 Å². The summed E-state index contributed by atoms with van der Waals surface area (Å²) in [5.74, 6) is 0.756. The SMILES string of the molecule is CCOc1cc([C@H]2NC(=O)NC(C)=C2C(=O)OC)ccc1OC[C@@H](O)N/N=C/c1cc(I)cc(I)c1OCc1ccc(Cl)c(Cl)c1. The number of benzene rings is 3. The molecule has 0 aliphatic carbocycles. The molecule has 1 aliphatic heterocycles. The molecule has 0 saturated carbocycles. The van der Waals surface area contributed by atoms with Crippen LogP contribution in [0.25, 0.3) is 0 Å². The van der Waals surface area contributed by atoms with Crippen molar-refractivity contribution in [1.29, 1.82) is 0 Å². The Hall–Kier alpha value is -2.99. The first-order chi connectivity index (χ1) is 22.0. The van der Waals surface area contributed by atoms with Crippen molar-refractivity contribution in [3.63, 3.8) is 0 Å². The van der Waals surface area contributed by atoms with E-state index in [1.807, 2.05) is 25.1 Å². The second-order valence-corrected chi connectivity index (χ2v) is 13.0. The summed E-state index contributed by atoms with van der Waals surface area (Å²) in [4.78, 5) is 24.7. The van der Waals surface area contributed by atoms with E-state index in [1.165, 1.54) is 7.11 Å². The molecule has 3 aromatic carbocycles. The van der Waals surface area contributed by atoms with Crippen LogP contribution in [0.1, 0.15) is 36.6 Å². The van der Waals surface area contributed by atoms with E-state index in [0.29, 0.717) is 50.7 Å². The molecule has 2 amide bonds. The van der Waals surface area contributed by atoms with Gasteiger partial charge in [0.15, 0.2) is 17.7 Å². The Bertz CT molecular complexity index is 1670. The van der Waals surface area contributed by atoms with Crippen LogP contribution < -0.4 is 30.3 Å². The van der Waals surface area contributed by atoms with Crippen molar-refractivity contribution in [2.24, 2.45) is 5.10 Å². The predicted octanol–water partition coefficient (Wildman–Crippen LogP) is 6.30. The number of urea groups is 1. The Labute approximate surface area is 303 Å².